The Kier molecular flexibility index (Phi) is 6.78. The number of anilines is 2. The minimum atomic E-state index is -0.319. The number of thioether (sulfide) groups is 1. The first-order valence-electron chi connectivity index (χ1n) is 8.48. The van der Waals surface area contributed by atoms with E-state index >= 15 is 0 Å². The number of benzene rings is 2. The number of nitrogens with one attached hydrogen (secondary N) is 2. The molecule has 1 amide bonds. The van der Waals surface area contributed by atoms with Crippen LogP contribution in [0.25, 0.3) is 0 Å². The Morgan fingerprint density at radius 1 is 1.19 bits per heavy atom. The highest BCUT2D eigenvalue weighted by molar-refractivity contribution is 8.02. The zero-order chi connectivity index (χ0) is 19.1. The van der Waals surface area contributed by atoms with Crippen LogP contribution in [0.15, 0.2) is 58.9 Å². The Balaban J connectivity index is 1.56. The Morgan fingerprint density at radius 2 is 2.00 bits per heavy atom. The summed E-state index contributed by atoms with van der Waals surface area (Å²) >= 11 is 2.72. The lowest BCUT2D eigenvalue weighted by Gasteiger charge is -2.13. The second kappa shape index (κ2) is 9.48. The lowest BCUT2D eigenvalue weighted by Crippen LogP contribution is -2.31. The van der Waals surface area contributed by atoms with Gasteiger partial charge in [-0.05, 0) is 30.2 Å². The van der Waals surface area contributed by atoms with Crippen molar-refractivity contribution >= 4 is 39.8 Å². The van der Waals surface area contributed by atoms with Crippen molar-refractivity contribution in [3.05, 3.63) is 66.0 Å². The largest absolute Gasteiger partial charge is 0.351 e. The molecule has 2 N–H and O–H groups in total. The summed E-state index contributed by atoms with van der Waals surface area (Å²) in [5, 5.41) is 14.5. The van der Waals surface area contributed by atoms with E-state index in [1.165, 1.54) is 35.2 Å². The molecule has 5 nitrogen and oxygen atoms in total. The van der Waals surface area contributed by atoms with Crippen LogP contribution < -0.4 is 10.6 Å². The van der Waals surface area contributed by atoms with E-state index in [9.17, 15) is 9.18 Å². The third-order valence-electron chi connectivity index (χ3n) is 3.70. The molecule has 0 aliphatic heterocycles. The Morgan fingerprint density at radius 3 is 2.74 bits per heavy atom. The van der Waals surface area contributed by atoms with E-state index in [-0.39, 0.29) is 17.0 Å². The van der Waals surface area contributed by atoms with Gasteiger partial charge >= 0.3 is 0 Å². The van der Waals surface area contributed by atoms with E-state index in [2.05, 4.69) is 20.8 Å². The molecule has 0 fully saturated rings. The quantitative estimate of drug-likeness (QED) is 0.539. The molecular weight excluding hydrogens is 383 g/mol. The molecular formula is C19H19FN4OS2. The second-order valence-electron chi connectivity index (χ2n) is 5.73. The highest BCUT2D eigenvalue weighted by atomic mass is 32.2. The summed E-state index contributed by atoms with van der Waals surface area (Å²) in [6, 6.07) is 15.9. The topological polar surface area (TPSA) is 66.9 Å². The molecule has 27 heavy (non-hydrogen) atoms. The molecule has 2 aromatic carbocycles. The zero-order valence-corrected chi connectivity index (χ0v) is 16.3. The molecule has 0 radical (unpaired) electrons. The van der Waals surface area contributed by atoms with Gasteiger partial charge in [-0.3, -0.25) is 4.79 Å². The third kappa shape index (κ3) is 5.77. The molecule has 140 valence electrons. The molecule has 0 spiro atoms. The zero-order valence-electron chi connectivity index (χ0n) is 14.7. The molecule has 1 aromatic heterocycles. The van der Waals surface area contributed by atoms with E-state index in [1.54, 1.807) is 12.1 Å². The Labute approximate surface area is 165 Å². The van der Waals surface area contributed by atoms with Crippen LogP contribution in [0.2, 0.25) is 0 Å². The smallest absolute Gasteiger partial charge is 0.233 e. The van der Waals surface area contributed by atoms with Crippen molar-refractivity contribution in [3.8, 4) is 0 Å². The molecule has 0 aliphatic carbocycles. The molecule has 1 unspecified atom stereocenters. The number of nitrogens with zero attached hydrogens (tertiary/aromatic N) is 2. The van der Waals surface area contributed by atoms with Gasteiger partial charge in [-0.25, -0.2) is 4.39 Å². The molecule has 3 rings (SSSR count). The van der Waals surface area contributed by atoms with Crippen LogP contribution in [-0.2, 0) is 11.3 Å². The average Bonchev–Trinajstić information content (AvgIpc) is 3.12. The van der Waals surface area contributed by atoms with E-state index in [0.29, 0.717) is 28.1 Å². The average molecular weight is 403 g/mol. The van der Waals surface area contributed by atoms with Gasteiger partial charge in [0.15, 0.2) is 4.34 Å². The molecule has 0 aliphatic rings. The number of hydrogen-bond donors (Lipinski definition) is 2. The molecule has 0 saturated carbocycles. The van der Waals surface area contributed by atoms with E-state index in [1.807, 2.05) is 37.3 Å². The van der Waals surface area contributed by atoms with Crippen molar-refractivity contribution in [2.24, 2.45) is 0 Å². The first-order chi connectivity index (χ1) is 13.1. The van der Waals surface area contributed by atoms with Gasteiger partial charge in [0.2, 0.25) is 11.0 Å². The van der Waals surface area contributed by atoms with Crippen molar-refractivity contribution < 1.29 is 9.18 Å². The lowest BCUT2D eigenvalue weighted by atomic mass is 10.2. The van der Waals surface area contributed by atoms with Gasteiger partial charge in [-0.1, -0.05) is 66.4 Å². The van der Waals surface area contributed by atoms with Crippen LogP contribution in [0.1, 0.15) is 18.9 Å². The van der Waals surface area contributed by atoms with Gasteiger partial charge in [0.1, 0.15) is 5.82 Å². The van der Waals surface area contributed by atoms with E-state index in [4.69, 9.17) is 0 Å². The molecule has 8 heteroatoms. The number of carbonyl (C=O) groups excluding carboxylic acids is 1. The van der Waals surface area contributed by atoms with Crippen molar-refractivity contribution in [2.45, 2.75) is 29.5 Å². The molecule has 0 saturated heterocycles. The fourth-order valence-corrected chi connectivity index (χ4v) is 4.30. The summed E-state index contributed by atoms with van der Waals surface area (Å²) in [6.45, 7) is 2.46. The number of aromatic nitrogens is 2. The van der Waals surface area contributed by atoms with Crippen LogP contribution >= 0.6 is 23.1 Å². The molecule has 1 heterocycles. The minimum Gasteiger partial charge on any atom is -0.351 e. The SMILES string of the molecule is CCC(Sc1nnc(Nc2cccc(F)c2)s1)C(=O)NCc1ccccc1. The van der Waals surface area contributed by atoms with Crippen LogP contribution in [0.5, 0.6) is 0 Å². The van der Waals surface area contributed by atoms with Gasteiger partial charge in [-0.2, -0.15) is 0 Å². The van der Waals surface area contributed by atoms with Gasteiger partial charge in [0, 0.05) is 12.2 Å². The summed E-state index contributed by atoms with van der Waals surface area (Å²) in [6.07, 6.45) is 0.678. The van der Waals surface area contributed by atoms with Crippen molar-refractivity contribution in [3.63, 3.8) is 0 Å². The van der Waals surface area contributed by atoms with Gasteiger partial charge in [0.05, 0.1) is 5.25 Å². The highest BCUT2D eigenvalue weighted by Gasteiger charge is 2.20. The molecule has 0 bridgehead atoms. The minimum absolute atomic E-state index is 0.0267. The monoisotopic (exact) mass is 402 g/mol. The standard InChI is InChI=1S/C19H19FN4OS2/c1-2-16(17(25)21-12-13-7-4-3-5-8-13)26-19-24-23-18(27-19)22-15-10-6-9-14(20)11-15/h3-11,16H,2,12H2,1H3,(H,21,25)(H,22,23). The number of hydrogen-bond acceptors (Lipinski definition) is 6. The van der Waals surface area contributed by atoms with Crippen molar-refractivity contribution in [1.82, 2.24) is 15.5 Å². The summed E-state index contributed by atoms with van der Waals surface area (Å²) in [7, 11) is 0. The van der Waals surface area contributed by atoms with Crippen molar-refractivity contribution in [1.29, 1.82) is 0 Å². The van der Waals surface area contributed by atoms with Gasteiger partial charge in [-0.15, -0.1) is 10.2 Å². The maximum absolute atomic E-state index is 13.3. The first-order valence-corrected chi connectivity index (χ1v) is 10.2. The number of rotatable bonds is 8. The van der Waals surface area contributed by atoms with Gasteiger partial charge in [0.25, 0.3) is 0 Å². The molecule has 3 aromatic rings. The Hall–Kier alpha value is -2.45. The maximum atomic E-state index is 13.3. The lowest BCUT2D eigenvalue weighted by molar-refractivity contribution is -0.120. The fourth-order valence-electron chi connectivity index (χ4n) is 2.34. The second-order valence-corrected chi connectivity index (χ2v) is 8.15. The fraction of sp³-hybridized carbons (Fsp3) is 0.211. The summed E-state index contributed by atoms with van der Waals surface area (Å²) in [5.41, 5.74) is 1.67. The summed E-state index contributed by atoms with van der Waals surface area (Å²) < 4.78 is 13.9. The number of carbonyl (C=O) groups is 1. The normalized spacial score (nSPS) is 11.8. The predicted molar refractivity (Wildman–Crippen MR) is 108 cm³/mol. The number of halogens is 1. The third-order valence-corrected chi connectivity index (χ3v) is 5.99. The molecule has 1 atom stereocenters. The van der Waals surface area contributed by atoms with Crippen LogP contribution in [-0.4, -0.2) is 21.4 Å². The van der Waals surface area contributed by atoms with Crippen molar-refractivity contribution in [2.75, 3.05) is 5.32 Å². The highest BCUT2D eigenvalue weighted by Crippen LogP contribution is 2.31. The van der Waals surface area contributed by atoms with E-state index < -0.39 is 0 Å². The predicted octanol–water partition coefficient (Wildman–Crippen LogP) is 4.61. The first kappa shape index (κ1) is 19.3. The summed E-state index contributed by atoms with van der Waals surface area (Å²) in [4.78, 5) is 12.5. The van der Waals surface area contributed by atoms with Crippen LogP contribution in [0.4, 0.5) is 15.2 Å². The maximum Gasteiger partial charge on any atom is 0.233 e. The van der Waals surface area contributed by atoms with Gasteiger partial charge < -0.3 is 10.6 Å². The van der Waals surface area contributed by atoms with E-state index in [0.717, 1.165) is 5.56 Å². The van der Waals surface area contributed by atoms with Crippen LogP contribution in [0, 0.1) is 5.82 Å². The Bertz CT molecular complexity index is 888. The van der Waals surface area contributed by atoms with Crippen LogP contribution in [0.3, 0.4) is 0 Å². The summed E-state index contributed by atoms with van der Waals surface area (Å²) in [5.74, 6) is -0.346. The number of amides is 1.